The van der Waals surface area contributed by atoms with Crippen LogP contribution < -0.4 is 0 Å². The van der Waals surface area contributed by atoms with Gasteiger partial charge in [0.15, 0.2) is 0 Å². The summed E-state index contributed by atoms with van der Waals surface area (Å²) in [5.74, 6) is -0.618. The Hall–Kier alpha value is -2.76. The third kappa shape index (κ3) is 10.1. The Kier molecular flexibility index (Phi) is 12.4. The van der Waals surface area contributed by atoms with Crippen LogP contribution in [-0.2, 0) is 4.74 Å². The van der Waals surface area contributed by atoms with E-state index in [1.54, 1.807) is 6.08 Å². The first-order valence-corrected chi connectivity index (χ1v) is 20.4. The van der Waals surface area contributed by atoms with Crippen molar-refractivity contribution >= 4 is 31.9 Å². The zero-order chi connectivity index (χ0) is 33.6. The molecule has 3 rings (SSSR count). The van der Waals surface area contributed by atoms with Crippen LogP contribution in [0.5, 0.6) is 0 Å². The van der Waals surface area contributed by atoms with E-state index in [-0.39, 0.29) is 29.3 Å². The molecule has 244 valence electrons. The molecule has 1 aromatic rings. The lowest BCUT2D eigenvalue weighted by molar-refractivity contribution is 0.00694. The summed E-state index contributed by atoms with van der Waals surface area (Å²) < 4.78 is 20.4. The van der Waals surface area contributed by atoms with E-state index in [0.717, 1.165) is 42.3 Å². The molecule has 45 heavy (non-hydrogen) atoms. The lowest BCUT2D eigenvalue weighted by Gasteiger charge is -2.45. The topological polar surface area (TPSA) is 38.7 Å². The zero-order valence-electron chi connectivity index (χ0n) is 28.7. The Morgan fingerprint density at radius 3 is 2.42 bits per heavy atom. The SMILES string of the molecule is C=C/C(=C/C1=C(C(C(CCCC)c2ccc(C(=O)OC(C)(C)C)cc2)C2(C)C=CC(Cl)=CC2)CC=NC1C[Si](C)(C)C)C(=C)F. The summed E-state index contributed by atoms with van der Waals surface area (Å²) in [6.07, 6.45) is 16.5. The minimum Gasteiger partial charge on any atom is -0.456 e. The van der Waals surface area contributed by atoms with Gasteiger partial charge in [0.1, 0.15) is 11.4 Å². The third-order valence-corrected chi connectivity index (χ3v) is 10.6. The molecular formula is C39H53ClFNO2Si. The van der Waals surface area contributed by atoms with Crippen LogP contribution in [0, 0.1) is 11.3 Å². The highest BCUT2D eigenvalue weighted by molar-refractivity contribution is 6.76. The molecule has 0 amide bonds. The van der Waals surface area contributed by atoms with Crippen molar-refractivity contribution in [3.63, 3.8) is 0 Å². The van der Waals surface area contributed by atoms with Crippen LogP contribution >= 0.6 is 11.6 Å². The van der Waals surface area contributed by atoms with Gasteiger partial charge in [-0.15, -0.1) is 0 Å². The minimum absolute atomic E-state index is 0.0612. The van der Waals surface area contributed by atoms with E-state index in [1.165, 1.54) is 11.1 Å². The van der Waals surface area contributed by atoms with E-state index in [2.05, 4.69) is 77.1 Å². The second kappa shape index (κ2) is 15.2. The molecule has 0 N–H and O–H groups in total. The Morgan fingerprint density at radius 2 is 1.91 bits per heavy atom. The number of carbonyl (C=O) groups excluding carboxylic acids is 1. The predicted molar refractivity (Wildman–Crippen MR) is 194 cm³/mol. The van der Waals surface area contributed by atoms with Crippen LogP contribution in [0.25, 0.3) is 0 Å². The number of aliphatic imine (C=N–C) groups is 1. The molecule has 0 spiro atoms. The minimum atomic E-state index is -1.56. The van der Waals surface area contributed by atoms with Gasteiger partial charge in [-0.1, -0.05) is 107 Å². The average molecular weight is 650 g/mol. The summed E-state index contributed by atoms with van der Waals surface area (Å²) in [5, 5.41) is 0.747. The van der Waals surface area contributed by atoms with Gasteiger partial charge in [-0.05, 0) is 92.3 Å². The molecule has 0 saturated carbocycles. The smallest absolute Gasteiger partial charge is 0.338 e. The molecule has 0 bridgehead atoms. The van der Waals surface area contributed by atoms with Crippen LogP contribution in [0.3, 0.4) is 0 Å². The van der Waals surface area contributed by atoms with Gasteiger partial charge < -0.3 is 4.74 Å². The van der Waals surface area contributed by atoms with E-state index in [0.29, 0.717) is 17.6 Å². The summed E-state index contributed by atoms with van der Waals surface area (Å²) >= 11 is 6.48. The summed E-state index contributed by atoms with van der Waals surface area (Å²) in [4.78, 5) is 17.9. The van der Waals surface area contributed by atoms with Gasteiger partial charge in [0, 0.05) is 31.3 Å². The van der Waals surface area contributed by atoms with Gasteiger partial charge >= 0.3 is 5.97 Å². The fraction of sp³-hybridized carbons (Fsp3) is 0.487. The number of carbonyl (C=O) groups is 1. The molecule has 0 fully saturated rings. The number of esters is 1. The van der Waals surface area contributed by atoms with E-state index in [9.17, 15) is 9.18 Å². The Morgan fingerprint density at radius 1 is 1.24 bits per heavy atom. The number of dihydropyridines is 1. The van der Waals surface area contributed by atoms with E-state index in [1.807, 2.05) is 45.1 Å². The number of ether oxygens (including phenoxy) is 1. The van der Waals surface area contributed by atoms with Gasteiger partial charge in [0.05, 0.1) is 11.6 Å². The number of halogens is 2. The Balaban J connectivity index is 2.30. The van der Waals surface area contributed by atoms with Crippen LogP contribution in [0.4, 0.5) is 4.39 Å². The van der Waals surface area contributed by atoms with E-state index in [4.69, 9.17) is 21.3 Å². The fourth-order valence-corrected chi connectivity index (χ4v) is 8.18. The Labute approximate surface area is 277 Å². The number of unbranched alkanes of at least 4 members (excludes halogenated alkanes) is 1. The molecule has 3 nitrogen and oxygen atoms in total. The molecule has 1 aromatic carbocycles. The van der Waals surface area contributed by atoms with Gasteiger partial charge in [0.2, 0.25) is 0 Å². The highest BCUT2D eigenvalue weighted by Gasteiger charge is 2.43. The lowest BCUT2D eigenvalue weighted by Crippen LogP contribution is -2.36. The van der Waals surface area contributed by atoms with Crippen molar-refractivity contribution in [3.05, 3.63) is 107 Å². The van der Waals surface area contributed by atoms with Crippen molar-refractivity contribution in [2.75, 3.05) is 0 Å². The maximum absolute atomic E-state index is 14.7. The molecule has 2 aliphatic rings. The highest BCUT2D eigenvalue weighted by atomic mass is 35.5. The normalized spacial score (nSPS) is 22.1. The molecule has 0 aromatic heterocycles. The molecule has 1 aliphatic heterocycles. The number of allylic oxidation sites excluding steroid dienone is 8. The van der Waals surface area contributed by atoms with Crippen molar-refractivity contribution < 1.29 is 13.9 Å². The van der Waals surface area contributed by atoms with Gasteiger partial charge in [0.25, 0.3) is 0 Å². The zero-order valence-corrected chi connectivity index (χ0v) is 30.4. The molecule has 4 atom stereocenters. The molecule has 1 aliphatic carbocycles. The molecule has 0 radical (unpaired) electrons. The van der Waals surface area contributed by atoms with Crippen molar-refractivity contribution in [2.24, 2.45) is 16.3 Å². The van der Waals surface area contributed by atoms with Crippen LogP contribution in [-0.4, -0.2) is 31.9 Å². The summed E-state index contributed by atoms with van der Waals surface area (Å²) in [6.45, 7) is 24.7. The first-order chi connectivity index (χ1) is 21.0. The lowest BCUT2D eigenvalue weighted by atomic mass is 9.60. The second-order valence-corrected chi connectivity index (χ2v) is 21.0. The van der Waals surface area contributed by atoms with Gasteiger partial charge in [-0.3, -0.25) is 4.99 Å². The van der Waals surface area contributed by atoms with Crippen molar-refractivity contribution in [1.82, 2.24) is 0 Å². The number of rotatable bonds is 13. The number of benzene rings is 1. The standard InChI is InChI=1S/C39H53ClFNO2Si/c1-11-13-14-32(29-15-17-30(18-16-29)37(43)44-38(4,5)6)36(39(7)22-19-31(40)20-23-39)33-21-24-42-35(26-45(8,9)10)34(33)25-28(12-2)27(3)41/h12,15-20,22,24-25,32,35-36H,2-3,11,13-14,21,23,26H2,1,4-10H3/b28-25-. The predicted octanol–water partition coefficient (Wildman–Crippen LogP) is 11.7. The molecular weight excluding hydrogens is 597 g/mol. The number of nitrogens with zero attached hydrogens (tertiary/aromatic N) is 1. The maximum atomic E-state index is 14.7. The maximum Gasteiger partial charge on any atom is 0.338 e. The van der Waals surface area contributed by atoms with E-state index < -0.39 is 19.5 Å². The van der Waals surface area contributed by atoms with Crippen molar-refractivity contribution in [3.8, 4) is 0 Å². The summed E-state index contributed by atoms with van der Waals surface area (Å²) in [7, 11) is -1.56. The fourth-order valence-electron chi connectivity index (χ4n) is 6.55. The van der Waals surface area contributed by atoms with Crippen LogP contribution in [0.2, 0.25) is 25.7 Å². The van der Waals surface area contributed by atoms with Gasteiger partial charge in [-0.25, -0.2) is 9.18 Å². The van der Waals surface area contributed by atoms with Gasteiger partial charge in [-0.2, -0.15) is 0 Å². The number of hydrogen-bond acceptors (Lipinski definition) is 3. The number of hydrogen-bond donors (Lipinski definition) is 0. The quantitative estimate of drug-likeness (QED) is 0.121. The molecule has 6 heteroatoms. The first-order valence-electron chi connectivity index (χ1n) is 16.3. The summed E-state index contributed by atoms with van der Waals surface area (Å²) in [6, 6.07) is 8.87. The van der Waals surface area contributed by atoms with Crippen molar-refractivity contribution in [1.29, 1.82) is 0 Å². The van der Waals surface area contributed by atoms with Crippen LogP contribution in [0.1, 0.15) is 88.6 Å². The third-order valence-electron chi connectivity index (χ3n) is 8.67. The van der Waals surface area contributed by atoms with E-state index >= 15 is 0 Å². The Bertz CT molecular complexity index is 1400. The first kappa shape index (κ1) is 36.7. The molecule has 4 unspecified atom stereocenters. The molecule has 0 saturated heterocycles. The molecule has 1 heterocycles. The highest BCUT2D eigenvalue weighted by Crippen LogP contribution is 2.52. The monoisotopic (exact) mass is 649 g/mol. The van der Waals surface area contributed by atoms with Crippen LogP contribution in [0.15, 0.2) is 100 Å². The summed E-state index contributed by atoms with van der Waals surface area (Å²) in [5.41, 5.74) is 3.66. The second-order valence-electron chi connectivity index (χ2n) is 15.0. The van der Waals surface area contributed by atoms with Crippen molar-refractivity contribution in [2.45, 2.75) is 110 Å². The largest absolute Gasteiger partial charge is 0.456 e. The average Bonchev–Trinajstić information content (AvgIpc) is 2.94.